The van der Waals surface area contributed by atoms with Gasteiger partial charge in [0.1, 0.15) is 12.4 Å². The zero-order chi connectivity index (χ0) is 20.4. The number of nitrogens with one attached hydrogen (secondary N) is 1. The SMILES string of the molecule is O=C1N[C@]2(CO1)C[C@H](C(=O)N1CC[C@@]3(c4ccc(OC(F)(F)F)cc4)C[C@H]3C1)C2. The van der Waals surface area contributed by atoms with Crippen molar-refractivity contribution in [1.82, 2.24) is 10.2 Å². The molecule has 1 aromatic carbocycles. The third kappa shape index (κ3) is 3.20. The van der Waals surface area contributed by atoms with Gasteiger partial charge in [0.25, 0.3) is 0 Å². The lowest BCUT2D eigenvalue weighted by Crippen LogP contribution is -2.58. The summed E-state index contributed by atoms with van der Waals surface area (Å²) < 4.78 is 45.9. The first-order valence-corrected chi connectivity index (χ1v) is 9.78. The number of piperidine rings is 1. The Balaban J connectivity index is 1.18. The van der Waals surface area contributed by atoms with Gasteiger partial charge in [0.05, 0.1) is 5.54 Å². The van der Waals surface area contributed by atoms with E-state index >= 15 is 0 Å². The monoisotopic (exact) mass is 410 g/mol. The summed E-state index contributed by atoms with van der Waals surface area (Å²) in [4.78, 5) is 26.0. The molecule has 2 heterocycles. The van der Waals surface area contributed by atoms with Crippen LogP contribution in [0.2, 0.25) is 0 Å². The van der Waals surface area contributed by atoms with E-state index in [9.17, 15) is 22.8 Å². The number of fused-ring (bicyclic) bond motifs is 1. The van der Waals surface area contributed by atoms with Crippen LogP contribution in [0.15, 0.2) is 24.3 Å². The summed E-state index contributed by atoms with van der Waals surface area (Å²) in [6.07, 6.45) is -2.13. The summed E-state index contributed by atoms with van der Waals surface area (Å²) in [6, 6.07) is 6.13. The van der Waals surface area contributed by atoms with E-state index in [4.69, 9.17) is 4.74 Å². The van der Waals surface area contributed by atoms with E-state index in [1.807, 2.05) is 4.90 Å². The third-order valence-electron chi connectivity index (χ3n) is 6.95. The number of carbonyl (C=O) groups excluding carboxylic acids is 2. The molecule has 29 heavy (non-hydrogen) atoms. The second kappa shape index (κ2) is 6.03. The normalized spacial score (nSPS) is 35.4. The maximum atomic E-state index is 12.8. The van der Waals surface area contributed by atoms with Crippen LogP contribution in [0.1, 0.15) is 31.2 Å². The Morgan fingerprint density at radius 3 is 2.52 bits per heavy atom. The van der Waals surface area contributed by atoms with Crippen molar-refractivity contribution < 1.29 is 32.2 Å². The fourth-order valence-corrected chi connectivity index (χ4v) is 5.33. The average Bonchev–Trinajstić information content (AvgIpc) is 3.24. The number of alkyl carbamates (subject to hydrolysis) is 1. The molecule has 9 heteroatoms. The molecule has 2 amide bonds. The molecule has 6 nitrogen and oxygen atoms in total. The van der Waals surface area contributed by atoms with Crippen molar-refractivity contribution in [3.05, 3.63) is 29.8 Å². The maximum Gasteiger partial charge on any atom is 0.573 e. The summed E-state index contributed by atoms with van der Waals surface area (Å²) in [5.41, 5.74) is 0.607. The number of halogens is 3. The number of amides is 2. The molecule has 2 saturated heterocycles. The van der Waals surface area contributed by atoms with Gasteiger partial charge in [0.15, 0.2) is 0 Å². The molecule has 2 saturated carbocycles. The molecular formula is C20H21F3N2O4. The van der Waals surface area contributed by atoms with E-state index < -0.39 is 12.5 Å². The van der Waals surface area contributed by atoms with Crippen LogP contribution in [0.25, 0.3) is 0 Å². The minimum atomic E-state index is -4.69. The number of hydrogen-bond donors (Lipinski definition) is 1. The summed E-state index contributed by atoms with van der Waals surface area (Å²) >= 11 is 0. The van der Waals surface area contributed by atoms with Gasteiger partial charge in [-0.2, -0.15) is 0 Å². The van der Waals surface area contributed by atoms with Gasteiger partial charge in [-0.3, -0.25) is 4.79 Å². The van der Waals surface area contributed by atoms with Crippen molar-refractivity contribution in [3.63, 3.8) is 0 Å². The minimum absolute atomic E-state index is 0.0400. The van der Waals surface area contributed by atoms with E-state index in [1.54, 1.807) is 12.1 Å². The Bertz CT molecular complexity index is 850. The number of ether oxygens (including phenoxy) is 2. The van der Waals surface area contributed by atoms with Gasteiger partial charge in [-0.1, -0.05) is 12.1 Å². The lowest BCUT2D eigenvalue weighted by atomic mass is 9.68. The molecule has 5 rings (SSSR count). The molecular weight excluding hydrogens is 389 g/mol. The predicted octanol–water partition coefficient (Wildman–Crippen LogP) is 2.96. The number of alkyl halides is 3. The van der Waals surface area contributed by atoms with Crippen LogP contribution in [-0.4, -0.2) is 48.5 Å². The number of benzene rings is 1. The number of likely N-dealkylation sites (tertiary alicyclic amines) is 1. The average molecular weight is 410 g/mol. The molecule has 0 bridgehead atoms. The first-order valence-electron chi connectivity index (χ1n) is 9.78. The standard InChI is InChI=1S/C20H21F3N2O4/c21-20(22,23)29-15-3-1-13(2-4-15)19-5-6-25(10-14(19)9-19)16(26)12-7-18(8-12)11-28-17(27)24-18/h1-4,12,14H,5-11H2,(H,24,27)/t12-,14-,18+,19-/m0/s1. The number of carbonyl (C=O) groups is 2. The molecule has 4 aliphatic rings. The number of rotatable bonds is 3. The van der Waals surface area contributed by atoms with Gasteiger partial charge in [-0.05, 0) is 49.3 Å². The molecule has 0 radical (unpaired) electrons. The van der Waals surface area contributed by atoms with Crippen molar-refractivity contribution in [1.29, 1.82) is 0 Å². The molecule has 1 aromatic rings. The van der Waals surface area contributed by atoms with Crippen molar-refractivity contribution in [2.45, 2.75) is 43.0 Å². The second-order valence-electron chi connectivity index (χ2n) is 8.75. The van der Waals surface area contributed by atoms with E-state index in [2.05, 4.69) is 10.1 Å². The van der Waals surface area contributed by atoms with Crippen LogP contribution < -0.4 is 10.1 Å². The van der Waals surface area contributed by atoms with Crippen molar-refractivity contribution in [3.8, 4) is 5.75 Å². The van der Waals surface area contributed by atoms with Crippen molar-refractivity contribution in [2.75, 3.05) is 19.7 Å². The zero-order valence-corrected chi connectivity index (χ0v) is 15.6. The quantitative estimate of drug-likeness (QED) is 0.832. The highest BCUT2D eigenvalue weighted by Crippen LogP contribution is 2.59. The van der Waals surface area contributed by atoms with Crippen LogP contribution in [0.3, 0.4) is 0 Å². The minimum Gasteiger partial charge on any atom is -0.447 e. The Labute approximate surface area is 165 Å². The predicted molar refractivity (Wildman–Crippen MR) is 94.0 cm³/mol. The smallest absolute Gasteiger partial charge is 0.447 e. The molecule has 2 aliphatic carbocycles. The largest absolute Gasteiger partial charge is 0.573 e. The summed E-state index contributed by atoms with van der Waals surface area (Å²) in [5, 5.41) is 2.81. The highest BCUT2D eigenvalue weighted by Gasteiger charge is 2.59. The fourth-order valence-electron chi connectivity index (χ4n) is 5.33. The highest BCUT2D eigenvalue weighted by atomic mass is 19.4. The molecule has 156 valence electrons. The van der Waals surface area contributed by atoms with Crippen molar-refractivity contribution >= 4 is 12.0 Å². The molecule has 2 aliphatic heterocycles. The molecule has 0 unspecified atom stereocenters. The topological polar surface area (TPSA) is 67.9 Å². The highest BCUT2D eigenvalue weighted by molar-refractivity contribution is 5.82. The molecule has 2 atom stereocenters. The first kappa shape index (κ1) is 18.6. The lowest BCUT2D eigenvalue weighted by molar-refractivity contribution is -0.274. The van der Waals surface area contributed by atoms with E-state index in [0.29, 0.717) is 38.5 Å². The van der Waals surface area contributed by atoms with Crippen LogP contribution in [0, 0.1) is 11.8 Å². The third-order valence-corrected chi connectivity index (χ3v) is 6.95. The summed E-state index contributed by atoms with van der Waals surface area (Å²) in [7, 11) is 0. The molecule has 0 aromatic heterocycles. The summed E-state index contributed by atoms with van der Waals surface area (Å²) in [5.74, 6) is 0.163. The second-order valence-corrected chi connectivity index (χ2v) is 8.75. The number of cyclic esters (lactones) is 1. The lowest BCUT2D eigenvalue weighted by Gasteiger charge is -2.44. The zero-order valence-electron chi connectivity index (χ0n) is 15.6. The van der Waals surface area contributed by atoms with E-state index in [0.717, 1.165) is 18.4 Å². The van der Waals surface area contributed by atoms with E-state index in [-0.39, 0.29) is 28.5 Å². The van der Waals surface area contributed by atoms with E-state index in [1.165, 1.54) is 12.1 Å². The van der Waals surface area contributed by atoms with Crippen LogP contribution in [0.5, 0.6) is 5.75 Å². The van der Waals surface area contributed by atoms with Crippen LogP contribution >= 0.6 is 0 Å². The van der Waals surface area contributed by atoms with Gasteiger partial charge >= 0.3 is 12.5 Å². The number of nitrogens with zero attached hydrogens (tertiary/aromatic N) is 1. The maximum absolute atomic E-state index is 12.8. The fraction of sp³-hybridized carbons (Fsp3) is 0.600. The Morgan fingerprint density at radius 1 is 1.21 bits per heavy atom. The van der Waals surface area contributed by atoms with Gasteiger partial charge in [-0.25, -0.2) is 4.79 Å². The Hall–Kier alpha value is -2.45. The molecule has 1 N–H and O–H groups in total. The summed E-state index contributed by atoms with van der Waals surface area (Å²) in [6.45, 7) is 1.64. The first-order chi connectivity index (χ1) is 13.7. The van der Waals surface area contributed by atoms with Crippen molar-refractivity contribution in [2.24, 2.45) is 11.8 Å². The van der Waals surface area contributed by atoms with Gasteiger partial charge in [0, 0.05) is 24.4 Å². The Kier molecular flexibility index (Phi) is 3.86. The number of hydrogen-bond acceptors (Lipinski definition) is 4. The van der Waals surface area contributed by atoms with Gasteiger partial charge < -0.3 is 19.7 Å². The van der Waals surface area contributed by atoms with Crippen LogP contribution in [-0.2, 0) is 14.9 Å². The van der Waals surface area contributed by atoms with Crippen LogP contribution in [0.4, 0.5) is 18.0 Å². The van der Waals surface area contributed by atoms with Gasteiger partial charge in [0.2, 0.25) is 5.91 Å². The van der Waals surface area contributed by atoms with Gasteiger partial charge in [-0.15, -0.1) is 13.2 Å². The molecule has 1 spiro atoms. The Morgan fingerprint density at radius 2 is 1.93 bits per heavy atom. The molecule has 4 fully saturated rings.